The first kappa shape index (κ1) is 16.4. The molecule has 1 aromatic carbocycles. The molecular weight excluding hydrogens is 304 g/mol. The summed E-state index contributed by atoms with van der Waals surface area (Å²) in [5.41, 5.74) is 2.72. The largest absolute Gasteiger partial charge is 0.371 e. The van der Waals surface area contributed by atoms with Crippen LogP contribution in [0.4, 0.5) is 16.2 Å². The van der Waals surface area contributed by atoms with Crippen LogP contribution in [0.1, 0.15) is 30.7 Å². The summed E-state index contributed by atoms with van der Waals surface area (Å²) in [6, 6.07) is 9.72. The highest BCUT2D eigenvalue weighted by Crippen LogP contribution is 2.23. The summed E-state index contributed by atoms with van der Waals surface area (Å²) < 4.78 is 5.03. The minimum absolute atomic E-state index is 0.161. The van der Waals surface area contributed by atoms with E-state index in [0.717, 1.165) is 30.2 Å². The van der Waals surface area contributed by atoms with Crippen LogP contribution in [-0.4, -0.2) is 36.2 Å². The van der Waals surface area contributed by atoms with Crippen LogP contribution in [-0.2, 0) is 6.54 Å². The number of aromatic nitrogens is 1. The minimum atomic E-state index is -0.161. The van der Waals surface area contributed by atoms with Gasteiger partial charge in [0.05, 0.1) is 6.54 Å². The van der Waals surface area contributed by atoms with Gasteiger partial charge in [0.25, 0.3) is 0 Å². The van der Waals surface area contributed by atoms with Gasteiger partial charge in [0, 0.05) is 37.6 Å². The van der Waals surface area contributed by atoms with Gasteiger partial charge in [0.15, 0.2) is 0 Å². The molecule has 3 rings (SSSR count). The number of piperidine rings is 1. The van der Waals surface area contributed by atoms with Crippen molar-refractivity contribution in [3.05, 3.63) is 41.8 Å². The molecule has 0 bridgehead atoms. The lowest BCUT2D eigenvalue weighted by atomic mass is 10.1. The molecule has 0 atom stereocenters. The van der Waals surface area contributed by atoms with Crippen molar-refractivity contribution < 1.29 is 9.32 Å². The van der Waals surface area contributed by atoms with E-state index in [-0.39, 0.29) is 6.03 Å². The molecule has 2 aromatic rings. The minimum Gasteiger partial charge on any atom is -0.371 e. The Hall–Kier alpha value is -2.50. The van der Waals surface area contributed by atoms with Gasteiger partial charge in [0.2, 0.25) is 0 Å². The number of benzene rings is 1. The van der Waals surface area contributed by atoms with Crippen LogP contribution in [0.5, 0.6) is 0 Å². The Kier molecular flexibility index (Phi) is 5.03. The number of carbonyl (C=O) groups excluding carboxylic acids is 1. The summed E-state index contributed by atoms with van der Waals surface area (Å²) in [4.78, 5) is 16.3. The lowest BCUT2D eigenvalue weighted by Crippen LogP contribution is -2.31. The van der Waals surface area contributed by atoms with Crippen molar-refractivity contribution in [2.75, 3.05) is 30.4 Å². The van der Waals surface area contributed by atoms with E-state index in [1.807, 2.05) is 31.2 Å². The molecule has 6 heteroatoms. The number of nitrogens with one attached hydrogen (secondary N) is 1. The van der Waals surface area contributed by atoms with Crippen molar-refractivity contribution in [1.82, 2.24) is 10.1 Å². The number of amides is 2. The number of rotatable bonds is 4. The Balaban J connectivity index is 1.61. The quantitative estimate of drug-likeness (QED) is 0.931. The molecule has 2 heterocycles. The van der Waals surface area contributed by atoms with Crippen LogP contribution in [0.15, 0.2) is 34.9 Å². The maximum atomic E-state index is 12.4. The van der Waals surface area contributed by atoms with Gasteiger partial charge in [-0.15, -0.1) is 0 Å². The summed E-state index contributed by atoms with van der Waals surface area (Å²) in [5, 5.41) is 6.87. The number of nitrogens with zero attached hydrogens (tertiary/aromatic N) is 3. The topological polar surface area (TPSA) is 61.6 Å². The molecule has 1 N–H and O–H groups in total. The molecule has 1 aromatic heterocycles. The molecular formula is C18H24N4O2. The summed E-state index contributed by atoms with van der Waals surface area (Å²) >= 11 is 0. The fourth-order valence-corrected chi connectivity index (χ4v) is 2.96. The average Bonchev–Trinajstić information content (AvgIpc) is 3.00. The van der Waals surface area contributed by atoms with Crippen LogP contribution in [0.2, 0.25) is 0 Å². The first-order chi connectivity index (χ1) is 11.6. The number of carbonyl (C=O) groups is 1. The van der Waals surface area contributed by atoms with E-state index in [4.69, 9.17) is 4.52 Å². The fourth-order valence-electron chi connectivity index (χ4n) is 2.96. The van der Waals surface area contributed by atoms with Gasteiger partial charge in [0.1, 0.15) is 11.5 Å². The highest BCUT2D eigenvalue weighted by Gasteiger charge is 2.14. The van der Waals surface area contributed by atoms with E-state index in [0.29, 0.717) is 6.54 Å². The van der Waals surface area contributed by atoms with Crippen molar-refractivity contribution in [1.29, 1.82) is 0 Å². The predicted octanol–water partition coefficient (Wildman–Crippen LogP) is 3.64. The van der Waals surface area contributed by atoms with Crippen molar-refractivity contribution in [3.63, 3.8) is 0 Å². The Morgan fingerprint density at radius 1 is 1.29 bits per heavy atom. The maximum absolute atomic E-state index is 12.4. The number of anilines is 2. The Morgan fingerprint density at radius 3 is 2.79 bits per heavy atom. The van der Waals surface area contributed by atoms with Gasteiger partial charge in [-0.2, -0.15) is 0 Å². The van der Waals surface area contributed by atoms with Crippen molar-refractivity contribution in [2.24, 2.45) is 0 Å². The van der Waals surface area contributed by atoms with Crippen molar-refractivity contribution in [2.45, 2.75) is 32.7 Å². The van der Waals surface area contributed by atoms with Gasteiger partial charge < -0.3 is 19.6 Å². The molecule has 1 aliphatic rings. The highest BCUT2D eigenvalue weighted by molar-refractivity contribution is 5.89. The molecule has 1 fully saturated rings. The zero-order valence-corrected chi connectivity index (χ0v) is 14.3. The second kappa shape index (κ2) is 7.38. The van der Waals surface area contributed by atoms with Crippen LogP contribution in [0.3, 0.4) is 0 Å². The molecule has 2 amide bonds. The molecule has 128 valence electrons. The molecule has 0 unspecified atom stereocenters. The highest BCUT2D eigenvalue weighted by atomic mass is 16.5. The van der Waals surface area contributed by atoms with Crippen molar-refractivity contribution in [3.8, 4) is 0 Å². The SMILES string of the molecule is Cc1cc(CN(C)C(=O)Nc2cccc(N3CCCCC3)c2)no1. The zero-order chi connectivity index (χ0) is 16.9. The fraction of sp³-hybridized carbons (Fsp3) is 0.444. The molecule has 1 aliphatic heterocycles. The first-order valence-electron chi connectivity index (χ1n) is 8.41. The van der Waals surface area contributed by atoms with Crippen LogP contribution in [0.25, 0.3) is 0 Å². The average molecular weight is 328 g/mol. The van der Waals surface area contributed by atoms with Gasteiger partial charge >= 0.3 is 6.03 Å². The second-order valence-electron chi connectivity index (χ2n) is 6.31. The van der Waals surface area contributed by atoms with E-state index in [2.05, 4.69) is 21.4 Å². The lowest BCUT2D eigenvalue weighted by Gasteiger charge is -2.29. The smallest absolute Gasteiger partial charge is 0.321 e. The zero-order valence-electron chi connectivity index (χ0n) is 14.3. The van der Waals surface area contributed by atoms with E-state index in [9.17, 15) is 4.79 Å². The summed E-state index contributed by atoms with van der Waals surface area (Å²) in [7, 11) is 1.74. The Morgan fingerprint density at radius 2 is 2.08 bits per heavy atom. The number of urea groups is 1. The summed E-state index contributed by atoms with van der Waals surface area (Å²) in [6.45, 7) is 4.42. The van der Waals surface area contributed by atoms with Crippen LogP contribution >= 0.6 is 0 Å². The Labute approximate surface area is 142 Å². The van der Waals surface area contributed by atoms with Gasteiger partial charge in [-0.1, -0.05) is 11.2 Å². The third-order valence-corrected chi connectivity index (χ3v) is 4.24. The van der Waals surface area contributed by atoms with E-state index >= 15 is 0 Å². The number of hydrogen-bond acceptors (Lipinski definition) is 4. The van der Waals surface area contributed by atoms with E-state index < -0.39 is 0 Å². The molecule has 0 aliphatic carbocycles. The second-order valence-corrected chi connectivity index (χ2v) is 6.31. The van der Waals surface area contributed by atoms with Crippen LogP contribution in [0, 0.1) is 6.92 Å². The van der Waals surface area contributed by atoms with Crippen molar-refractivity contribution >= 4 is 17.4 Å². The molecule has 0 saturated carbocycles. The number of hydrogen-bond donors (Lipinski definition) is 1. The molecule has 6 nitrogen and oxygen atoms in total. The van der Waals surface area contributed by atoms with Gasteiger partial charge in [-0.3, -0.25) is 0 Å². The molecule has 0 spiro atoms. The molecule has 24 heavy (non-hydrogen) atoms. The third-order valence-electron chi connectivity index (χ3n) is 4.24. The normalized spacial score (nSPS) is 14.5. The monoisotopic (exact) mass is 328 g/mol. The summed E-state index contributed by atoms with van der Waals surface area (Å²) in [5.74, 6) is 0.744. The van der Waals surface area contributed by atoms with Gasteiger partial charge in [-0.05, 0) is 44.4 Å². The predicted molar refractivity (Wildman–Crippen MR) is 94.2 cm³/mol. The maximum Gasteiger partial charge on any atom is 0.321 e. The summed E-state index contributed by atoms with van der Waals surface area (Å²) in [6.07, 6.45) is 3.77. The lowest BCUT2D eigenvalue weighted by molar-refractivity contribution is 0.219. The van der Waals surface area contributed by atoms with E-state index in [1.54, 1.807) is 11.9 Å². The molecule has 0 radical (unpaired) electrons. The van der Waals surface area contributed by atoms with E-state index in [1.165, 1.54) is 24.9 Å². The number of aryl methyl sites for hydroxylation is 1. The first-order valence-corrected chi connectivity index (χ1v) is 8.41. The third kappa shape index (κ3) is 4.07. The van der Waals surface area contributed by atoms with Crippen LogP contribution < -0.4 is 10.2 Å². The molecule has 1 saturated heterocycles. The van der Waals surface area contributed by atoms with Gasteiger partial charge in [-0.25, -0.2) is 4.79 Å². The Bertz CT molecular complexity index is 692. The standard InChI is InChI=1S/C18H24N4O2/c1-14-11-16(20-24-14)13-21(2)18(23)19-15-7-6-8-17(12-15)22-9-4-3-5-10-22/h6-8,11-12H,3-5,9-10,13H2,1-2H3,(H,19,23).